The van der Waals surface area contributed by atoms with Gasteiger partial charge in [-0.3, -0.25) is 4.18 Å². The summed E-state index contributed by atoms with van der Waals surface area (Å²) in [6.45, 7) is 3.52. The molecule has 0 amide bonds. The third-order valence-electron chi connectivity index (χ3n) is 2.80. The molecule has 0 aromatic heterocycles. The van der Waals surface area contributed by atoms with Crippen molar-refractivity contribution in [3.8, 4) is 0 Å². The van der Waals surface area contributed by atoms with Crippen LogP contribution in [0.2, 0.25) is 0 Å². The van der Waals surface area contributed by atoms with E-state index in [-0.39, 0.29) is 58.0 Å². The van der Waals surface area contributed by atoms with E-state index in [1.165, 1.54) is 38.5 Å². The standard InChI is InChI=1S/C13H28O5S.K/c1-2-3-4-5-6-7-8-11-17-12-9-10-13-18-19(14,15)16;/h2-13H2,1H3,(H,14,15,16);/q;+1/p-1. The van der Waals surface area contributed by atoms with E-state index in [9.17, 15) is 13.0 Å². The molecule has 0 saturated heterocycles. The molecule has 0 radical (unpaired) electrons. The number of ether oxygens (including phenoxy) is 1. The summed E-state index contributed by atoms with van der Waals surface area (Å²) in [6, 6.07) is 0. The zero-order valence-electron chi connectivity index (χ0n) is 12.9. The predicted octanol–water partition coefficient (Wildman–Crippen LogP) is 0.0146. The third kappa shape index (κ3) is 21.8. The van der Waals surface area contributed by atoms with Crippen LogP contribution >= 0.6 is 0 Å². The summed E-state index contributed by atoms with van der Waals surface area (Å²) in [7, 11) is -4.53. The predicted molar refractivity (Wildman–Crippen MR) is 73.7 cm³/mol. The Labute approximate surface area is 166 Å². The zero-order chi connectivity index (χ0) is 14.4. The van der Waals surface area contributed by atoms with Crippen LogP contribution in [-0.2, 0) is 19.3 Å². The average Bonchev–Trinajstić information content (AvgIpc) is 2.34. The molecule has 0 unspecified atom stereocenters. The van der Waals surface area contributed by atoms with E-state index in [4.69, 9.17) is 4.74 Å². The van der Waals surface area contributed by atoms with Crippen molar-refractivity contribution >= 4 is 10.4 Å². The van der Waals surface area contributed by atoms with Crippen LogP contribution in [0.1, 0.15) is 64.7 Å². The summed E-state index contributed by atoms with van der Waals surface area (Å²) in [5, 5.41) is 0. The fourth-order valence-corrected chi connectivity index (χ4v) is 2.05. The number of hydrogen-bond acceptors (Lipinski definition) is 5. The Morgan fingerprint density at radius 2 is 1.25 bits per heavy atom. The van der Waals surface area contributed by atoms with E-state index < -0.39 is 10.4 Å². The van der Waals surface area contributed by atoms with Crippen LogP contribution in [0.3, 0.4) is 0 Å². The summed E-state index contributed by atoms with van der Waals surface area (Å²) in [5.74, 6) is 0. The van der Waals surface area contributed by atoms with Gasteiger partial charge in [-0.25, -0.2) is 8.42 Å². The second-order valence-electron chi connectivity index (χ2n) is 4.67. The topological polar surface area (TPSA) is 75.7 Å². The maximum Gasteiger partial charge on any atom is 1.00 e. The molecule has 0 atom stereocenters. The minimum atomic E-state index is -4.53. The van der Waals surface area contributed by atoms with Gasteiger partial charge in [0.2, 0.25) is 10.4 Å². The van der Waals surface area contributed by atoms with Crippen LogP contribution in [0.4, 0.5) is 0 Å². The van der Waals surface area contributed by atoms with E-state index in [0.29, 0.717) is 19.4 Å². The summed E-state index contributed by atoms with van der Waals surface area (Å²) >= 11 is 0. The SMILES string of the molecule is CCCCCCCCCOCCCCOS(=O)(=O)[O-].[K+]. The average molecular weight is 335 g/mol. The molecular weight excluding hydrogens is 307 g/mol. The molecule has 0 aliphatic heterocycles. The first-order chi connectivity index (χ1) is 9.06. The minimum Gasteiger partial charge on any atom is -0.726 e. The molecule has 0 spiro atoms. The zero-order valence-corrected chi connectivity index (χ0v) is 16.9. The first-order valence-corrected chi connectivity index (χ1v) is 8.57. The monoisotopic (exact) mass is 334 g/mol. The van der Waals surface area contributed by atoms with Gasteiger partial charge < -0.3 is 9.29 Å². The van der Waals surface area contributed by atoms with Gasteiger partial charge in [0, 0.05) is 13.2 Å². The van der Waals surface area contributed by atoms with Crippen molar-refractivity contribution in [1.82, 2.24) is 0 Å². The second kappa shape index (κ2) is 16.8. The molecule has 0 heterocycles. The molecule has 5 nitrogen and oxygen atoms in total. The number of hydrogen-bond donors (Lipinski definition) is 0. The summed E-state index contributed by atoms with van der Waals surface area (Å²) in [5.41, 5.74) is 0. The number of rotatable bonds is 14. The van der Waals surface area contributed by atoms with Crippen molar-refractivity contribution in [2.24, 2.45) is 0 Å². The van der Waals surface area contributed by atoms with Crippen molar-refractivity contribution in [1.29, 1.82) is 0 Å². The Hall–Kier alpha value is 1.47. The molecule has 0 bridgehead atoms. The summed E-state index contributed by atoms with van der Waals surface area (Å²) in [4.78, 5) is 0. The fraction of sp³-hybridized carbons (Fsp3) is 1.00. The van der Waals surface area contributed by atoms with Gasteiger partial charge in [0.15, 0.2) is 0 Å². The normalized spacial score (nSPS) is 11.3. The Morgan fingerprint density at radius 3 is 1.80 bits per heavy atom. The van der Waals surface area contributed by atoms with Gasteiger partial charge in [-0.05, 0) is 19.3 Å². The summed E-state index contributed by atoms with van der Waals surface area (Å²) < 4.78 is 39.9. The molecule has 0 saturated carbocycles. The Balaban J connectivity index is 0. The van der Waals surface area contributed by atoms with Crippen LogP contribution < -0.4 is 51.4 Å². The molecule has 7 heteroatoms. The van der Waals surface area contributed by atoms with Gasteiger partial charge in [0.25, 0.3) is 0 Å². The van der Waals surface area contributed by atoms with Gasteiger partial charge in [-0.2, -0.15) is 0 Å². The van der Waals surface area contributed by atoms with Gasteiger partial charge in [-0.15, -0.1) is 0 Å². The Bertz CT molecular complexity index is 282. The molecule has 116 valence electrons. The quantitative estimate of drug-likeness (QED) is 0.194. The van der Waals surface area contributed by atoms with Crippen LogP contribution in [0.15, 0.2) is 0 Å². The van der Waals surface area contributed by atoms with Crippen molar-refractivity contribution in [2.45, 2.75) is 64.7 Å². The maximum absolute atomic E-state index is 10.1. The molecule has 0 aliphatic rings. The van der Waals surface area contributed by atoms with Gasteiger partial charge >= 0.3 is 51.4 Å². The van der Waals surface area contributed by atoms with Crippen LogP contribution in [0.5, 0.6) is 0 Å². The first-order valence-electron chi connectivity index (χ1n) is 7.24. The summed E-state index contributed by atoms with van der Waals surface area (Å²) in [6.07, 6.45) is 10.1. The first kappa shape index (κ1) is 23.7. The number of unbranched alkanes of at least 4 members (excludes halogenated alkanes) is 7. The molecule has 0 aromatic carbocycles. The van der Waals surface area contributed by atoms with Crippen LogP contribution in [-0.4, -0.2) is 32.8 Å². The van der Waals surface area contributed by atoms with E-state index in [0.717, 1.165) is 13.0 Å². The molecule has 0 fully saturated rings. The van der Waals surface area contributed by atoms with E-state index >= 15 is 0 Å². The fourth-order valence-electron chi connectivity index (χ4n) is 1.73. The molecule has 0 aliphatic carbocycles. The van der Waals surface area contributed by atoms with Gasteiger partial charge in [-0.1, -0.05) is 45.4 Å². The van der Waals surface area contributed by atoms with Crippen molar-refractivity contribution < 1.29 is 73.3 Å². The smallest absolute Gasteiger partial charge is 0.726 e. The van der Waals surface area contributed by atoms with Crippen molar-refractivity contribution in [2.75, 3.05) is 19.8 Å². The van der Waals surface area contributed by atoms with Gasteiger partial charge in [0.1, 0.15) is 0 Å². The Kier molecular flexibility index (Phi) is 20.0. The second-order valence-corrected chi connectivity index (χ2v) is 5.72. The molecule has 0 rings (SSSR count). The van der Waals surface area contributed by atoms with Gasteiger partial charge in [0.05, 0.1) is 6.61 Å². The van der Waals surface area contributed by atoms with Crippen molar-refractivity contribution in [3.05, 3.63) is 0 Å². The largest absolute Gasteiger partial charge is 1.00 e. The molecule has 0 N–H and O–H groups in total. The minimum absolute atomic E-state index is 0. The third-order valence-corrected chi connectivity index (χ3v) is 3.26. The van der Waals surface area contributed by atoms with E-state index in [2.05, 4.69) is 11.1 Å². The van der Waals surface area contributed by atoms with Crippen LogP contribution in [0.25, 0.3) is 0 Å². The van der Waals surface area contributed by atoms with E-state index in [1.807, 2.05) is 0 Å². The molecule has 0 aromatic rings. The van der Waals surface area contributed by atoms with Crippen molar-refractivity contribution in [3.63, 3.8) is 0 Å². The molecular formula is C13H27KO5S. The maximum atomic E-state index is 10.1. The van der Waals surface area contributed by atoms with E-state index in [1.54, 1.807) is 0 Å². The molecule has 20 heavy (non-hydrogen) atoms. The Morgan fingerprint density at radius 1 is 0.800 bits per heavy atom. The van der Waals surface area contributed by atoms with Crippen LogP contribution in [0, 0.1) is 0 Å².